The van der Waals surface area contributed by atoms with E-state index in [0.717, 1.165) is 12.1 Å². The number of alkyl halides is 4. The first-order chi connectivity index (χ1) is 10.3. The van der Waals surface area contributed by atoms with Crippen LogP contribution in [0.3, 0.4) is 0 Å². The number of nitrogens with one attached hydrogen (secondary N) is 1. The van der Waals surface area contributed by atoms with Crippen molar-refractivity contribution in [3.8, 4) is 0 Å². The molecule has 1 N–H and O–H groups in total. The summed E-state index contributed by atoms with van der Waals surface area (Å²) in [5.74, 6) is -0.622. The summed E-state index contributed by atoms with van der Waals surface area (Å²) in [5.41, 5.74) is -0.321. The van der Waals surface area contributed by atoms with Crippen molar-refractivity contribution in [1.82, 2.24) is 0 Å². The molecule has 1 unspecified atom stereocenters. The van der Waals surface area contributed by atoms with E-state index >= 15 is 0 Å². The molecule has 0 aliphatic heterocycles. The van der Waals surface area contributed by atoms with E-state index in [9.17, 15) is 18.0 Å². The van der Waals surface area contributed by atoms with Gasteiger partial charge in [-0.05, 0) is 35.9 Å². The van der Waals surface area contributed by atoms with Crippen molar-refractivity contribution in [2.24, 2.45) is 0 Å². The van der Waals surface area contributed by atoms with Crippen molar-refractivity contribution in [2.75, 3.05) is 5.32 Å². The van der Waals surface area contributed by atoms with Gasteiger partial charge in [0.05, 0.1) is 5.56 Å². The minimum absolute atomic E-state index is 0.0273. The van der Waals surface area contributed by atoms with Gasteiger partial charge in [-0.3, -0.25) is 4.79 Å². The molecule has 1 amide bonds. The Kier molecular flexibility index (Phi) is 4.98. The fourth-order valence-corrected chi connectivity index (χ4v) is 2.09. The second-order valence-electron chi connectivity index (χ2n) is 4.48. The van der Waals surface area contributed by atoms with Crippen molar-refractivity contribution in [1.29, 1.82) is 0 Å². The van der Waals surface area contributed by atoms with Gasteiger partial charge in [0.25, 0.3) is 0 Å². The van der Waals surface area contributed by atoms with Gasteiger partial charge in [0.15, 0.2) is 0 Å². The summed E-state index contributed by atoms with van der Waals surface area (Å²) < 4.78 is 37.8. The Morgan fingerprint density at radius 1 is 1.09 bits per heavy atom. The average Bonchev–Trinajstić information content (AvgIpc) is 2.46. The van der Waals surface area contributed by atoms with Crippen LogP contribution >= 0.6 is 23.2 Å². The van der Waals surface area contributed by atoms with E-state index in [0.29, 0.717) is 10.6 Å². The van der Waals surface area contributed by atoms with Crippen LogP contribution in [0.1, 0.15) is 16.5 Å². The van der Waals surface area contributed by atoms with Crippen LogP contribution in [0.2, 0.25) is 5.02 Å². The summed E-state index contributed by atoms with van der Waals surface area (Å²) in [6.45, 7) is 0. The molecule has 0 saturated heterocycles. The molecular formula is C15H10Cl2F3NO. The summed E-state index contributed by atoms with van der Waals surface area (Å²) in [6, 6.07) is 10.6. The molecule has 1 atom stereocenters. The van der Waals surface area contributed by atoms with E-state index in [1.54, 1.807) is 24.3 Å². The predicted octanol–water partition coefficient (Wildman–Crippen LogP) is 5.28. The summed E-state index contributed by atoms with van der Waals surface area (Å²) in [7, 11) is 0. The number of hydrogen-bond acceptors (Lipinski definition) is 1. The maximum atomic E-state index is 12.6. The number of hydrogen-bond donors (Lipinski definition) is 1. The average molecular weight is 348 g/mol. The molecule has 0 saturated carbocycles. The molecule has 0 bridgehead atoms. The Hall–Kier alpha value is -1.72. The van der Waals surface area contributed by atoms with E-state index in [4.69, 9.17) is 23.2 Å². The Balaban J connectivity index is 2.13. The third-order valence-corrected chi connectivity index (χ3v) is 3.55. The monoisotopic (exact) mass is 347 g/mol. The van der Waals surface area contributed by atoms with Crippen molar-refractivity contribution in [3.05, 3.63) is 64.7 Å². The molecule has 2 aromatic carbocycles. The van der Waals surface area contributed by atoms with Crippen LogP contribution in [0.15, 0.2) is 48.5 Å². The smallest absolute Gasteiger partial charge is 0.324 e. The summed E-state index contributed by atoms with van der Waals surface area (Å²) in [6.07, 6.45) is -4.47. The molecule has 0 aliphatic rings. The Morgan fingerprint density at radius 3 is 2.32 bits per heavy atom. The topological polar surface area (TPSA) is 29.1 Å². The number of anilines is 1. The fraction of sp³-hybridized carbons (Fsp3) is 0.133. The van der Waals surface area contributed by atoms with Gasteiger partial charge in [0, 0.05) is 10.7 Å². The molecule has 116 valence electrons. The normalized spacial score (nSPS) is 12.8. The predicted molar refractivity (Wildman–Crippen MR) is 80.1 cm³/mol. The Bertz CT molecular complexity index is 671. The number of benzene rings is 2. The van der Waals surface area contributed by atoms with E-state index < -0.39 is 23.0 Å². The van der Waals surface area contributed by atoms with Crippen molar-refractivity contribution in [3.63, 3.8) is 0 Å². The van der Waals surface area contributed by atoms with Gasteiger partial charge >= 0.3 is 6.18 Å². The van der Waals surface area contributed by atoms with E-state index in [2.05, 4.69) is 5.32 Å². The molecular weight excluding hydrogens is 338 g/mol. The number of amides is 1. The van der Waals surface area contributed by atoms with Crippen molar-refractivity contribution >= 4 is 34.8 Å². The third kappa shape index (κ3) is 4.15. The van der Waals surface area contributed by atoms with Gasteiger partial charge in [0.2, 0.25) is 5.91 Å². The van der Waals surface area contributed by atoms with Crippen LogP contribution in [0.25, 0.3) is 0 Å². The van der Waals surface area contributed by atoms with Gasteiger partial charge in [-0.2, -0.15) is 13.2 Å². The van der Waals surface area contributed by atoms with Crippen LogP contribution in [0, 0.1) is 0 Å². The first-order valence-corrected chi connectivity index (χ1v) is 6.96. The lowest BCUT2D eigenvalue weighted by Crippen LogP contribution is -2.17. The molecule has 0 heterocycles. The molecule has 0 aliphatic carbocycles. The van der Waals surface area contributed by atoms with Gasteiger partial charge in [-0.15, -0.1) is 11.6 Å². The lowest BCUT2D eigenvalue weighted by molar-refractivity contribution is -0.137. The Morgan fingerprint density at radius 2 is 1.73 bits per heavy atom. The highest BCUT2D eigenvalue weighted by Gasteiger charge is 2.30. The van der Waals surface area contributed by atoms with Gasteiger partial charge < -0.3 is 5.32 Å². The highest BCUT2D eigenvalue weighted by atomic mass is 35.5. The zero-order valence-corrected chi connectivity index (χ0v) is 12.5. The highest BCUT2D eigenvalue weighted by molar-refractivity contribution is 6.33. The maximum Gasteiger partial charge on any atom is 0.416 e. The molecule has 2 rings (SSSR count). The van der Waals surface area contributed by atoms with E-state index in [1.165, 1.54) is 12.1 Å². The zero-order valence-electron chi connectivity index (χ0n) is 11.0. The number of halogens is 5. The van der Waals surface area contributed by atoms with Gasteiger partial charge in [-0.1, -0.05) is 29.8 Å². The highest BCUT2D eigenvalue weighted by Crippen LogP contribution is 2.31. The summed E-state index contributed by atoms with van der Waals surface area (Å²) in [4.78, 5) is 12.0. The molecule has 2 aromatic rings. The number of rotatable bonds is 3. The van der Waals surface area contributed by atoms with Crippen LogP contribution < -0.4 is 5.32 Å². The fourth-order valence-electron chi connectivity index (χ4n) is 1.76. The van der Waals surface area contributed by atoms with Crippen LogP contribution in [0.4, 0.5) is 18.9 Å². The second-order valence-corrected chi connectivity index (χ2v) is 5.35. The second kappa shape index (κ2) is 6.58. The lowest BCUT2D eigenvalue weighted by atomic mass is 10.1. The third-order valence-electron chi connectivity index (χ3n) is 2.85. The van der Waals surface area contributed by atoms with E-state index in [-0.39, 0.29) is 5.69 Å². The molecule has 7 heteroatoms. The zero-order chi connectivity index (χ0) is 16.3. The summed E-state index contributed by atoms with van der Waals surface area (Å²) >= 11 is 11.7. The quantitative estimate of drug-likeness (QED) is 0.752. The maximum absolute atomic E-state index is 12.6. The number of carbonyl (C=O) groups excluding carboxylic acids is 1. The van der Waals surface area contributed by atoms with Crippen LogP contribution in [0.5, 0.6) is 0 Å². The largest absolute Gasteiger partial charge is 0.416 e. The van der Waals surface area contributed by atoms with E-state index in [1.807, 2.05) is 0 Å². The molecule has 0 radical (unpaired) electrons. The van der Waals surface area contributed by atoms with Crippen LogP contribution in [-0.4, -0.2) is 5.91 Å². The van der Waals surface area contributed by atoms with Crippen molar-refractivity contribution in [2.45, 2.75) is 11.6 Å². The summed E-state index contributed by atoms with van der Waals surface area (Å²) in [5, 5.41) is 1.82. The lowest BCUT2D eigenvalue weighted by Gasteiger charge is -2.13. The molecule has 0 aromatic heterocycles. The minimum atomic E-state index is -4.47. The standard InChI is InChI=1S/C15H10Cl2F3NO/c16-11-6-4-9(5-7-11)13(17)14(22)21-12-3-1-2-10(8-12)15(18,19)20/h1-8,13H,(H,21,22). The first-order valence-electron chi connectivity index (χ1n) is 6.15. The minimum Gasteiger partial charge on any atom is -0.324 e. The molecule has 0 spiro atoms. The SMILES string of the molecule is O=C(Nc1cccc(C(F)(F)F)c1)C(Cl)c1ccc(Cl)cc1. The molecule has 0 fully saturated rings. The van der Waals surface area contributed by atoms with Crippen molar-refractivity contribution < 1.29 is 18.0 Å². The van der Waals surface area contributed by atoms with Gasteiger partial charge in [0.1, 0.15) is 5.38 Å². The molecule has 2 nitrogen and oxygen atoms in total. The number of carbonyl (C=O) groups is 1. The first kappa shape index (κ1) is 16.6. The van der Waals surface area contributed by atoms with Gasteiger partial charge in [-0.25, -0.2) is 0 Å². The van der Waals surface area contributed by atoms with Crippen LogP contribution in [-0.2, 0) is 11.0 Å². The molecule has 22 heavy (non-hydrogen) atoms. The Labute approximate surface area is 134 Å².